The highest BCUT2D eigenvalue weighted by atomic mass is 16.5. The predicted molar refractivity (Wildman–Crippen MR) is 124 cm³/mol. The Labute approximate surface area is 197 Å². The molecule has 0 radical (unpaired) electrons. The summed E-state index contributed by atoms with van der Waals surface area (Å²) in [5, 5.41) is 35.9. The Hall–Kier alpha value is -4.86. The Balaban J connectivity index is 1.88. The highest BCUT2D eigenvalue weighted by Gasteiger charge is 2.33. The first-order chi connectivity index (χ1) is 16.9. The van der Waals surface area contributed by atoms with E-state index in [1.165, 1.54) is 30.1 Å². The van der Waals surface area contributed by atoms with Gasteiger partial charge in [-0.3, -0.25) is 9.59 Å². The van der Waals surface area contributed by atoms with E-state index in [-0.39, 0.29) is 28.7 Å². The van der Waals surface area contributed by atoms with Crippen molar-refractivity contribution >= 4 is 22.6 Å². The average molecular weight is 473 g/mol. The quantitative estimate of drug-likeness (QED) is 0.258. The number of rotatable bonds is 5. The number of aromatic hydroxyl groups is 3. The van der Waals surface area contributed by atoms with Crippen molar-refractivity contribution in [1.29, 1.82) is 0 Å². The van der Waals surface area contributed by atoms with Gasteiger partial charge in [0.05, 0.1) is 19.7 Å². The van der Waals surface area contributed by atoms with Crippen LogP contribution in [0, 0.1) is 0 Å². The third kappa shape index (κ3) is 3.61. The molecular formula is C25H19N3O7. The van der Waals surface area contributed by atoms with E-state index in [0.29, 0.717) is 16.8 Å². The summed E-state index contributed by atoms with van der Waals surface area (Å²) in [5.74, 6) is -3.95. The first-order valence-corrected chi connectivity index (χ1v) is 10.6. The molecular weight excluding hydrogens is 454 g/mol. The van der Waals surface area contributed by atoms with Crippen LogP contribution in [0.4, 0.5) is 0 Å². The number of carbonyl (C=O) groups is 1. The highest BCUT2D eigenvalue weighted by Crippen LogP contribution is 2.49. The van der Waals surface area contributed by atoms with E-state index in [0.717, 1.165) is 0 Å². The molecule has 0 saturated heterocycles. The van der Waals surface area contributed by atoms with Crippen molar-refractivity contribution in [3.8, 4) is 28.6 Å². The molecule has 176 valence electrons. The molecule has 0 aliphatic heterocycles. The number of nitrogens with zero attached hydrogens (tertiary/aromatic N) is 3. The Kier molecular flexibility index (Phi) is 5.33. The number of methoxy groups -OCH3 is 1. The van der Waals surface area contributed by atoms with Crippen molar-refractivity contribution < 1.29 is 29.3 Å². The lowest BCUT2D eigenvalue weighted by Gasteiger charge is -2.20. The van der Waals surface area contributed by atoms with Gasteiger partial charge in [-0.25, -0.2) is 9.50 Å². The predicted octanol–water partition coefficient (Wildman–Crippen LogP) is 3.31. The first kappa shape index (κ1) is 22.0. The third-order valence-electron chi connectivity index (χ3n) is 5.82. The average Bonchev–Trinajstić information content (AvgIpc) is 3.31. The molecule has 0 bridgehead atoms. The molecule has 0 fully saturated rings. The van der Waals surface area contributed by atoms with Crippen LogP contribution < -0.4 is 5.43 Å². The molecule has 3 heterocycles. The Morgan fingerprint density at radius 1 is 1.11 bits per heavy atom. The van der Waals surface area contributed by atoms with Gasteiger partial charge in [0.25, 0.3) is 0 Å². The number of hydrogen-bond acceptors (Lipinski definition) is 9. The number of carbonyl (C=O) groups excluding carboxylic acids is 1. The lowest BCUT2D eigenvalue weighted by atomic mass is 9.87. The Morgan fingerprint density at radius 3 is 2.63 bits per heavy atom. The number of aromatic nitrogens is 3. The van der Waals surface area contributed by atoms with E-state index < -0.39 is 34.6 Å². The molecule has 3 aromatic heterocycles. The van der Waals surface area contributed by atoms with Gasteiger partial charge in [-0.1, -0.05) is 30.3 Å². The van der Waals surface area contributed by atoms with Gasteiger partial charge >= 0.3 is 5.97 Å². The van der Waals surface area contributed by atoms with E-state index in [2.05, 4.69) is 10.1 Å². The van der Waals surface area contributed by atoms with E-state index in [4.69, 9.17) is 9.15 Å². The molecule has 35 heavy (non-hydrogen) atoms. The summed E-state index contributed by atoms with van der Waals surface area (Å²) >= 11 is 0. The fraction of sp³-hybridized carbons (Fsp3) is 0.120. The van der Waals surface area contributed by atoms with Crippen LogP contribution in [0.2, 0.25) is 0 Å². The Morgan fingerprint density at radius 2 is 1.89 bits per heavy atom. The molecule has 0 aliphatic rings. The SMILES string of the molecule is COC(=O)C[C@H](c1c(O)c(O)c(O)c2c(=O)cc(-c3ccccc3)oc12)c1cnn2cccnc12. The minimum atomic E-state index is -1.00. The summed E-state index contributed by atoms with van der Waals surface area (Å²) in [4.78, 5) is 29.8. The molecule has 10 heteroatoms. The van der Waals surface area contributed by atoms with Gasteiger partial charge in [0.1, 0.15) is 16.7 Å². The zero-order valence-corrected chi connectivity index (χ0v) is 18.4. The summed E-state index contributed by atoms with van der Waals surface area (Å²) in [6.45, 7) is 0. The van der Waals surface area contributed by atoms with Gasteiger partial charge in [0, 0.05) is 41.1 Å². The molecule has 0 spiro atoms. The van der Waals surface area contributed by atoms with Gasteiger partial charge in [0.15, 0.2) is 22.6 Å². The number of esters is 1. The first-order valence-electron chi connectivity index (χ1n) is 10.6. The van der Waals surface area contributed by atoms with Crippen molar-refractivity contribution in [1.82, 2.24) is 14.6 Å². The lowest BCUT2D eigenvalue weighted by Crippen LogP contribution is -2.12. The maximum atomic E-state index is 13.1. The second-order valence-electron chi connectivity index (χ2n) is 7.83. The molecule has 1 atom stereocenters. The second kappa shape index (κ2) is 8.49. The summed E-state index contributed by atoms with van der Waals surface area (Å²) in [6.07, 6.45) is 4.35. The smallest absolute Gasteiger partial charge is 0.306 e. The standard InChI is InChI=1S/C25H19N3O7/c1-34-18(30)10-14(15-12-27-28-9-5-8-26-25(15)28)19-21(31)23(33)22(32)20-16(29)11-17(35-24(19)20)13-6-3-2-4-7-13/h2-9,11-12,14,31-33H,10H2,1H3/t14-/m0/s1. The summed E-state index contributed by atoms with van der Waals surface area (Å²) in [5.41, 5.74) is 0.443. The van der Waals surface area contributed by atoms with E-state index in [1.54, 1.807) is 42.6 Å². The molecule has 0 saturated carbocycles. The van der Waals surface area contributed by atoms with E-state index in [9.17, 15) is 24.9 Å². The highest BCUT2D eigenvalue weighted by molar-refractivity contribution is 5.94. The van der Waals surface area contributed by atoms with Gasteiger partial charge in [-0.05, 0) is 6.07 Å². The van der Waals surface area contributed by atoms with Gasteiger partial charge < -0.3 is 24.5 Å². The van der Waals surface area contributed by atoms with Crippen LogP contribution in [-0.4, -0.2) is 43.0 Å². The van der Waals surface area contributed by atoms with E-state index in [1.807, 2.05) is 0 Å². The normalized spacial score (nSPS) is 12.1. The van der Waals surface area contributed by atoms with Crippen molar-refractivity contribution in [2.75, 3.05) is 7.11 Å². The minimum Gasteiger partial charge on any atom is -0.504 e. The Bertz CT molecular complexity index is 1640. The van der Waals surface area contributed by atoms with Crippen LogP contribution in [-0.2, 0) is 9.53 Å². The topological polar surface area (TPSA) is 147 Å². The number of benzene rings is 2. The van der Waals surface area contributed by atoms with Crippen molar-refractivity contribution in [3.05, 3.63) is 82.4 Å². The van der Waals surface area contributed by atoms with Crippen molar-refractivity contribution in [2.45, 2.75) is 12.3 Å². The number of fused-ring (bicyclic) bond motifs is 2. The molecule has 0 aliphatic carbocycles. The maximum absolute atomic E-state index is 13.1. The number of phenols is 3. The van der Waals surface area contributed by atoms with Crippen LogP contribution in [0.15, 0.2) is 70.3 Å². The number of ether oxygens (including phenoxy) is 1. The zero-order chi connectivity index (χ0) is 24.7. The maximum Gasteiger partial charge on any atom is 0.306 e. The summed E-state index contributed by atoms with van der Waals surface area (Å²) in [7, 11) is 1.22. The fourth-order valence-corrected chi connectivity index (χ4v) is 4.15. The number of hydrogen-bond donors (Lipinski definition) is 3. The molecule has 5 aromatic rings. The largest absolute Gasteiger partial charge is 0.504 e. The van der Waals surface area contributed by atoms with Crippen LogP contribution in [0.1, 0.15) is 23.5 Å². The fourth-order valence-electron chi connectivity index (χ4n) is 4.15. The van der Waals surface area contributed by atoms with Gasteiger partial charge in [-0.15, -0.1) is 0 Å². The molecule has 5 rings (SSSR count). The number of phenolic OH excluding ortho intramolecular Hbond substituents is 3. The summed E-state index contributed by atoms with van der Waals surface area (Å²) < 4.78 is 12.4. The van der Waals surface area contributed by atoms with Crippen molar-refractivity contribution in [2.24, 2.45) is 0 Å². The monoisotopic (exact) mass is 473 g/mol. The van der Waals surface area contributed by atoms with Gasteiger partial charge in [-0.2, -0.15) is 5.10 Å². The van der Waals surface area contributed by atoms with Gasteiger partial charge in [0.2, 0.25) is 5.75 Å². The molecule has 10 nitrogen and oxygen atoms in total. The van der Waals surface area contributed by atoms with Crippen LogP contribution >= 0.6 is 0 Å². The van der Waals surface area contributed by atoms with Crippen LogP contribution in [0.3, 0.4) is 0 Å². The third-order valence-corrected chi connectivity index (χ3v) is 5.82. The van der Waals surface area contributed by atoms with Crippen LogP contribution in [0.5, 0.6) is 17.2 Å². The molecule has 2 aromatic carbocycles. The lowest BCUT2D eigenvalue weighted by molar-refractivity contribution is -0.140. The zero-order valence-electron chi connectivity index (χ0n) is 18.4. The molecule has 0 unspecified atom stereocenters. The minimum absolute atomic E-state index is 0.0869. The second-order valence-corrected chi connectivity index (χ2v) is 7.83. The van der Waals surface area contributed by atoms with Crippen LogP contribution in [0.25, 0.3) is 27.9 Å². The molecule has 3 N–H and O–H groups in total. The van der Waals surface area contributed by atoms with E-state index >= 15 is 0 Å². The molecule has 0 amide bonds. The van der Waals surface area contributed by atoms with Crippen molar-refractivity contribution in [3.63, 3.8) is 0 Å². The summed E-state index contributed by atoms with van der Waals surface area (Å²) in [6, 6.07) is 11.6.